The summed E-state index contributed by atoms with van der Waals surface area (Å²) in [4.78, 5) is 12.1. The Balaban J connectivity index is 2.93. The summed E-state index contributed by atoms with van der Waals surface area (Å²) in [6.45, 7) is 13.5. The van der Waals surface area contributed by atoms with Crippen molar-refractivity contribution >= 4 is 21.6 Å². The third-order valence-electron chi connectivity index (χ3n) is 3.73. The second kappa shape index (κ2) is 6.07. The molecule has 0 saturated heterocycles. The molecule has 0 aromatic carbocycles. The van der Waals surface area contributed by atoms with Crippen LogP contribution in [0.15, 0.2) is 15.5 Å². The zero-order chi connectivity index (χ0) is 14.8. The average Bonchev–Trinajstić information content (AvgIpc) is 2.30. The lowest BCUT2D eigenvalue weighted by molar-refractivity contribution is 0.269. The highest BCUT2D eigenvalue weighted by atomic mass is 79.9. The Hall–Kier alpha value is -0.840. The minimum absolute atomic E-state index is 0.0601. The predicted molar refractivity (Wildman–Crippen MR) is 83.7 cm³/mol. The molecular formula is C14H24BrN3O. The number of rotatable bonds is 5. The summed E-state index contributed by atoms with van der Waals surface area (Å²) in [6, 6.07) is 0.0601. The smallest absolute Gasteiger partial charge is 0.283 e. The van der Waals surface area contributed by atoms with Crippen LogP contribution in [0.2, 0.25) is 0 Å². The molecule has 1 aromatic rings. The molecule has 0 aliphatic heterocycles. The summed E-state index contributed by atoms with van der Waals surface area (Å²) in [6.07, 6.45) is 1.71. The van der Waals surface area contributed by atoms with Crippen molar-refractivity contribution in [3.63, 3.8) is 0 Å². The predicted octanol–water partition coefficient (Wildman–Crippen LogP) is 3.68. The average molecular weight is 330 g/mol. The van der Waals surface area contributed by atoms with Crippen LogP contribution in [0, 0.1) is 11.3 Å². The molecule has 0 unspecified atom stereocenters. The summed E-state index contributed by atoms with van der Waals surface area (Å²) in [5, 5.41) is 7.51. The molecule has 0 fully saturated rings. The fourth-order valence-corrected chi connectivity index (χ4v) is 1.89. The van der Waals surface area contributed by atoms with Gasteiger partial charge in [0, 0.05) is 6.54 Å². The van der Waals surface area contributed by atoms with Gasteiger partial charge in [-0.15, -0.1) is 0 Å². The highest BCUT2D eigenvalue weighted by Gasteiger charge is 2.22. The zero-order valence-corrected chi connectivity index (χ0v) is 14.2. The Kier molecular flexibility index (Phi) is 5.18. The molecule has 0 radical (unpaired) electrons. The van der Waals surface area contributed by atoms with E-state index in [9.17, 15) is 4.79 Å². The molecular weight excluding hydrogens is 306 g/mol. The van der Waals surface area contributed by atoms with Gasteiger partial charge in [-0.05, 0) is 41.1 Å². The first-order valence-corrected chi connectivity index (χ1v) is 7.47. The zero-order valence-electron chi connectivity index (χ0n) is 12.6. The lowest BCUT2D eigenvalue weighted by atomic mass is 9.81. The molecule has 5 heteroatoms. The number of aromatic nitrogens is 2. The molecule has 0 saturated carbocycles. The van der Waals surface area contributed by atoms with Gasteiger partial charge in [0.2, 0.25) is 0 Å². The van der Waals surface area contributed by atoms with E-state index in [1.807, 2.05) is 13.8 Å². The highest BCUT2D eigenvalue weighted by molar-refractivity contribution is 9.10. The van der Waals surface area contributed by atoms with E-state index in [-0.39, 0.29) is 17.0 Å². The van der Waals surface area contributed by atoms with Gasteiger partial charge in [-0.1, -0.05) is 27.7 Å². The number of hydrogen-bond acceptors (Lipinski definition) is 3. The van der Waals surface area contributed by atoms with E-state index in [1.54, 1.807) is 6.20 Å². The Morgan fingerprint density at radius 3 is 2.42 bits per heavy atom. The number of nitrogens with zero attached hydrogens (tertiary/aromatic N) is 2. The molecule has 0 amide bonds. The van der Waals surface area contributed by atoms with E-state index >= 15 is 0 Å². The second-order valence-corrected chi connectivity index (χ2v) is 7.01. The van der Waals surface area contributed by atoms with Crippen molar-refractivity contribution in [2.75, 3.05) is 11.9 Å². The van der Waals surface area contributed by atoms with Crippen molar-refractivity contribution in [2.24, 2.45) is 11.3 Å². The summed E-state index contributed by atoms with van der Waals surface area (Å²) in [5.74, 6) is 0.558. The SMILES string of the molecule is CC(C)n1ncc(NCC(C)(C)C(C)C)c(Br)c1=O. The maximum atomic E-state index is 12.1. The van der Waals surface area contributed by atoms with Gasteiger partial charge >= 0.3 is 0 Å². The van der Waals surface area contributed by atoms with Crippen molar-refractivity contribution < 1.29 is 0 Å². The van der Waals surface area contributed by atoms with Crippen LogP contribution in [0.5, 0.6) is 0 Å². The van der Waals surface area contributed by atoms with Crippen molar-refractivity contribution in [1.82, 2.24) is 9.78 Å². The lowest BCUT2D eigenvalue weighted by Crippen LogP contribution is -2.30. The van der Waals surface area contributed by atoms with Gasteiger partial charge in [-0.25, -0.2) is 4.68 Å². The third kappa shape index (κ3) is 3.81. The number of hydrogen-bond donors (Lipinski definition) is 1. The van der Waals surface area contributed by atoms with Gasteiger partial charge in [-0.2, -0.15) is 5.10 Å². The first-order chi connectivity index (χ1) is 8.66. The molecule has 1 aromatic heterocycles. The quantitative estimate of drug-likeness (QED) is 0.896. The van der Waals surface area contributed by atoms with Crippen molar-refractivity contribution in [3.05, 3.63) is 21.0 Å². The molecule has 0 aliphatic rings. The van der Waals surface area contributed by atoms with Crippen molar-refractivity contribution in [1.29, 1.82) is 0 Å². The minimum atomic E-state index is -0.0950. The molecule has 1 rings (SSSR count). The molecule has 1 N–H and O–H groups in total. The van der Waals surface area contributed by atoms with Crippen molar-refractivity contribution in [2.45, 2.75) is 47.6 Å². The van der Waals surface area contributed by atoms with Crippen LogP contribution in [-0.4, -0.2) is 16.3 Å². The highest BCUT2D eigenvalue weighted by Crippen LogP contribution is 2.27. The summed E-state index contributed by atoms with van der Waals surface area (Å²) in [7, 11) is 0. The van der Waals surface area contributed by atoms with Gasteiger partial charge in [-0.3, -0.25) is 4.79 Å². The summed E-state index contributed by atoms with van der Waals surface area (Å²) in [5.41, 5.74) is 0.824. The number of halogens is 1. The Labute approximate surface area is 123 Å². The molecule has 19 heavy (non-hydrogen) atoms. The van der Waals surface area contributed by atoms with Gasteiger partial charge in [0.1, 0.15) is 4.47 Å². The maximum absolute atomic E-state index is 12.1. The molecule has 4 nitrogen and oxygen atoms in total. The first kappa shape index (κ1) is 16.2. The minimum Gasteiger partial charge on any atom is -0.382 e. The Bertz CT molecular complexity index is 492. The van der Waals surface area contributed by atoms with Crippen LogP contribution in [0.25, 0.3) is 0 Å². The fourth-order valence-electron chi connectivity index (χ4n) is 1.46. The van der Waals surface area contributed by atoms with E-state index < -0.39 is 0 Å². The first-order valence-electron chi connectivity index (χ1n) is 6.68. The van der Waals surface area contributed by atoms with E-state index in [4.69, 9.17) is 0 Å². The second-order valence-electron chi connectivity index (χ2n) is 6.21. The number of nitrogens with one attached hydrogen (secondary N) is 1. The molecule has 108 valence electrons. The fraction of sp³-hybridized carbons (Fsp3) is 0.714. The third-order valence-corrected chi connectivity index (χ3v) is 4.50. The normalized spacial score (nSPS) is 12.3. The van der Waals surface area contributed by atoms with E-state index in [0.717, 1.165) is 12.2 Å². The van der Waals surface area contributed by atoms with Crippen LogP contribution in [0.3, 0.4) is 0 Å². The molecule has 0 bridgehead atoms. The summed E-state index contributed by atoms with van der Waals surface area (Å²) >= 11 is 3.37. The van der Waals surface area contributed by atoms with Gasteiger partial charge in [0.15, 0.2) is 0 Å². The molecule has 0 aliphatic carbocycles. The monoisotopic (exact) mass is 329 g/mol. The van der Waals surface area contributed by atoms with Crippen LogP contribution in [0.4, 0.5) is 5.69 Å². The van der Waals surface area contributed by atoms with Crippen LogP contribution in [-0.2, 0) is 0 Å². The van der Waals surface area contributed by atoms with Crippen LogP contribution >= 0.6 is 15.9 Å². The summed E-state index contributed by atoms with van der Waals surface area (Å²) < 4.78 is 2.03. The lowest BCUT2D eigenvalue weighted by Gasteiger charge is -2.30. The molecule has 1 heterocycles. The van der Waals surface area contributed by atoms with E-state index in [0.29, 0.717) is 10.4 Å². The molecule has 0 spiro atoms. The van der Waals surface area contributed by atoms with E-state index in [2.05, 4.69) is 54.0 Å². The standard InChI is InChI=1S/C14H24BrN3O/c1-9(2)14(5,6)8-16-11-7-17-18(10(3)4)13(19)12(11)15/h7,9-10,16H,8H2,1-6H3. The number of anilines is 1. The van der Waals surface area contributed by atoms with E-state index in [1.165, 1.54) is 4.68 Å². The Morgan fingerprint density at radius 2 is 1.95 bits per heavy atom. The topological polar surface area (TPSA) is 46.9 Å². The van der Waals surface area contributed by atoms with Crippen molar-refractivity contribution in [3.8, 4) is 0 Å². The Morgan fingerprint density at radius 1 is 1.37 bits per heavy atom. The van der Waals surface area contributed by atoms with Gasteiger partial charge in [0.05, 0.1) is 17.9 Å². The maximum Gasteiger partial charge on any atom is 0.283 e. The van der Waals surface area contributed by atoms with Gasteiger partial charge in [0.25, 0.3) is 5.56 Å². The van der Waals surface area contributed by atoms with Gasteiger partial charge < -0.3 is 5.32 Å². The van der Waals surface area contributed by atoms with Crippen LogP contribution in [0.1, 0.15) is 47.6 Å². The molecule has 0 atom stereocenters. The largest absolute Gasteiger partial charge is 0.382 e. The van der Waals surface area contributed by atoms with Crippen LogP contribution < -0.4 is 10.9 Å².